The maximum Gasteiger partial charge on any atom is 0.239 e. The lowest BCUT2D eigenvalue weighted by molar-refractivity contribution is -0.136. The van der Waals surface area contributed by atoms with Crippen LogP contribution in [0.25, 0.3) is 0 Å². The van der Waals surface area contributed by atoms with E-state index in [1.54, 1.807) is 4.90 Å². The maximum atomic E-state index is 11.9. The number of hydrogen-bond donors (Lipinski definition) is 2. The van der Waals surface area contributed by atoms with Crippen LogP contribution in [0, 0.1) is 5.92 Å². The highest BCUT2D eigenvalue weighted by atomic mass is 16.3. The van der Waals surface area contributed by atoms with Gasteiger partial charge in [0.1, 0.15) is 0 Å². The highest BCUT2D eigenvalue weighted by Crippen LogP contribution is 2.17. The highest BCUT2D eigenvalue weighted by molar-refractivity contribution is 5.81. The molecule has 1 saturated heterocycles. The Morgan fingerprint density at radius 2 is 2.33 bits per heavy atom. The number of hydrogen-bond acceptors (Lipinski definition) is 3. The fraction of sp³-hybridized carbons (Fsp3) is 0.909. The van der Waals surface area contributed by atoms with Crippen molar-refractivity contribution >= 4 is 5.91 Å². The van der Waals surface area contributed by atoms with Gasteiger partial charge in [-0.05, 0) is 18.8 Å². The molecule has 0 bridgehead atoms. The van der Waals surface area contributed by atoms with Gasteiger partial charge in [-0.1, -0.05) is 20.3 Å². The summed E-state index contributed by atoms with van der Waals surface area (Å²) in [7, 11) is 0. The molecule has 0 aromatic rings. The fourth-order valence-corrected chi connectivity index (χ4v) is 2.00. The molecule has 4 nitrogen and oxygen atoms in total. The molecule has 1 amide bonds. The van der Waals surface area contributed by atoms with Crippen LogP contribution in [-0.2, 0) is 4.79 Å². The molecule has 0 saturated carbocycles. The molecule has 1 rings (SSSR count). The summed E-state index contributed by atoms with van der Waals surface area (Å²) in [6.07, 6.45) is 2.08. The average molecular weight is 214 g/mol. The number of rotatable bonds is 3. The van der Waals surface area contributed by atoms with Crippen LogP contribution in [-0.4, -0.2) is 41.1 Å². The first-order valence-corrected chi connectivity index (χ1v) is 5.78. The quantitative estimate of drug-likeness (QED) is 0.712. The van der Waals surface area contributed by atoms with E-state index in [9.17, 15) is 9.90 Å². The van der Waals surface area contributed by atoms with Crippen molar-refractivity contribution < 1.29 is 9.90 Å². The van der Waals surface area contributed by atoms with Gasteiger partial charge < -0.3 is 15.7 Å². The molecule has 0 aromatic carbocycles. The van der Waals surface area contributed by atoms with E-state index in [-0.39, 0.29) is 24.0 Å². The summed E-state index contributed by atoms with van der Waals surface area (Å²) in [6, 6.07) is -0.363. The minimum atomic E-state index is -0.363. The Hall–Kier alpha value is -0.610. The SMILES string of the molecule is CCC[C@@H](N)C(=O)N1CCC(O)C(C)C1. The average Bonchev–Trinajstić information content (AvgIpc) is 2.21. The molecular weight excluding hydrogens is 192 g/mol. The van der Waals surface area contributed by atoms with Crippen LogP contribution in [0.5, 0.6) is 0 Å². The van der Waals surface area contributed by atoms with E-state index < -0.39 is 0 Å². The third-order valence-corrected chi connectivity index (χ3v) is 3.09. The molecule has 3 atom stereocenters. The lowest BCUT2D eigenvalue weighted by atomic mass is 9.96. The molecule has 1 fully saturated rings. The largest absolute Gasteiger partial charge is 0.393 e. The van der Waals surface area contributed by atoms with Crippen molar-refractivity contribution in [2.45, 2.75) is 45.3 Å². The van der Waals surface area contributed by atoms with Crippen molar-refractivity contribution in [3.63, 3.8) is 0 Å². The van der Waals surface area contributed by atoms with Gasteiger partial charge in [0.2, 0.25) is 5.91 Å². The second kappa shape index (κ2) is 5.47. The zero-order valence-electron chi connectivity index (χ0n) is 9.65. The minimum absolute atomic E-state index is 0.0376. The van der Waals surface area contributed by atoms with E-state index >= 15 is 0 Å². The van der Waals surface area contributed by atoms with Gasteiger partial charge in [-0.25, -0.2) is 0 Å². The van der Waals surface area contributed by atoms with Crippen LogP contribution in [0.2, 0.25) is 0 Å². The van der Waals surface area contributed by atoms with Crippen molar-refractivity contribution in [3.05, 3.63) is 0 Å². The zero-order chi connectivity index (χ0) is 11.4. The normalized spacial score (nSPS) is 28.9. The number of aliphatic hydroxyl groups excluding tert-OH is 1. The van der Waals surface area contributed by atoms with E-state index in [0.717, 1.165) is 12.8 Å². The lowest BCUT2D eigenvalue weighted by Crippen LogP contribution is -2.50. The molecule has 88 valence electrons. The summed E-state index contributed by atoms with van der Waals surface area (Å²) in [5.74, 6) is 0.201. The van der Waals surface area contributed by atoms with Crippen molar-refractivity contribution in [2.24, 2.45) is 11.7 Å². The van der Waals surface area contributed by atoms with Crippen LogP contribution in [0.15, 0.2) is 0 Å². The van der Waals surface area contributed by atoms with E-state index in [4.69, 9.17) is 5.73 Å². The van der Waals surface area contributed by atoms with Crippen LogP contribution < -0.4 is 5.73 Å². The number of amides is 1. The minimum Gasteiger partial charge on any atom is -0.393 e. The molecule has 0 aromatic heterocycles. The van der Waals surface area contributed by atoms with Gasteiger partial charge in [0.15, 0.2) is 0 Å². The number of nitrogens with two attached hydrogens (primary N) is 1. The number of likely N-dealkylation sites (tertiary alicyclic amines) is 1. The Morgan fingerprint density at radius 3 is 2.87 bits per heavy atom. The van der Waals surface area contributed by atoms with Gasteiger partial charge in [-0.3, -0.25) is 4.79 Å². The predicted molar refractivity (Wildman–Crippen MR) is 59.3 cm³/mol. The predicted octanol–water partition coefficient (Wildman–Crippen LogP) is 0.343. The highest BCUT2D eigenvalue weighted by Gasteiger charge is 2.29. The molecule has 15 heavy (non-hydrogen) atoms. The summed E-state index contributed by atoms with van der Waals surface area (Å²) in [4.78, 5) is 13.6. The molecule has 0 aliphatic carbocycles. The van der Waals surface area contributed by atoms with Crippen LogP contribution >= 0.6 is 0 Å². The third-order valence-electron chi connectivity index (χ3n) is 3.09. The van der Waals surface area contributed by atoms with Crippen LogP contribution in [0.1, 0.15) is 33.1 Å². The second-order valence-electron chi connectivity index (χ2n) is 4.51. The molecule has 1 aliphatic rings. The molecular formula is C11H22N2O2. The topological polar surface area (TPSA) is 66.6 Å². The smallest absolute Gasteiger partial charge is 0.239 e. The summed E-state index contributed by atoms with van der Waals surface area (Å²) < 4.78 is 0. The third kappa shape index (κ3) is 3.18. The summed E-state index contributed by atoms with van der Waals surface area (Å²) in [5.41, 5.74) is 5.78. The molecule has 0 spiro atoms. The first-order chi connectivity index (χ1) is 7.06. The molecule has 1 aliphatic heterocycles. The maximum absolute atomic E-state index is 11.9. The fourth-order valence-electron chi connectivity index (χ4n) is 2.00. The van der Waals surface area contributed by atoms with Crippen molar-refractivity contribution in [1.29, 1.82) is 0 Å². The summed E-state index contributed by atoms with van der Waals surface area (Å²) in [6.45, 7) is 5.27. The first-order valence-electron chi connectivity index (χ1n) is 5.78. The van der Waals surface area contributed by atoms with E-state index in [1.165, 1.54) is 0 Å². The molecule has 0 radical (unpaired) electrons. The van der Waals surface area contributed by atoms with Crippen LogP contribution in [0.4, 0.5) is 0 Å². The van der Waals surface area contributed by atoms with Crippen molar-refractivity contribution in [3.8, 4) is 0 Å². The number of piperidine rings is 1. The molecule has 3 N–H and O–H groups in total. The Kier molecular flexibility index (Phi) is 4.54. The van der Waals surface area contributed by atoms with Crippen LogP contribution in [0.3, 0.4) is 0 Å². The second-order valence-corrected chi connectivity index (χ2v) is 4.51. The molecule has 1 heterocycles. The van der Waals surface area contributed by atoms with E-state index in [0.29, 0.717) is 19.5 Å². The number of carbonyl (C=O) groups is 1. The number of nitrogens with zero attached hydrogens (tertiary/aromatic N) is 1. The Balaban J connectivity index is 2.47. The van der Waals surface area contributed by atoms with Gasteiger partial charge in [-0.15, -0.1) is 0 Å². The monoisotopic (exact) mass is 214 g/mol. The standard InChI is InChI=1S/C11H22N2O2/c1-3-4-9(12)11(15)13-6-5-10(14)8(2)7-13/h8-10,14H,3-7,12H2,1-2H3/t8?,9-,10?/m1/s1. The van der Waals surface area contributed by atoms with Gasteiger partial charge in [0.25, 0.3) is 0 Å². The van der Waals surface area contributed by atoms with Crippen molar-refractivity contribution in [1.82, 2.24) is 4.90 Å². The van der Waals surface area contributed by atoms with Gasteiger partial charge in [0.05, 0.1) is 12.1 Å². The van der Waals surface area contributed by atoms with Gasteiger partial charge in [-0.2, -0.15) is 0 Å². The molecule has 2 unspecified atom stereocenters. The lowest BCUT2D eigenvalue weighted by Gasteiger charge is -2.35. The molecule has 4 heteroatoms. The van der Waals surface area contributed by atoms with E-state index in [2.05, 4.69) is 0 Å². The van der Waals surface area contributed by atoms with E-state index in [1.807, 2.05) is 13.8 Å². The Morgan fingerprint density at radius 1 is 1.67 bits per heavy atom. The van der Waals surface area contributed by atoms with Crippen molar-refractivity contribution in [2.75, 3.05) is 13.1 Å². The number of carbonyl (C=O) groups excluding carboxylic acids is 1. The zero-order valence-corrected chi connectivity index (χ0v) is 9.65. The summed E-state index contributed by atoms with van der Waals surface area (Å²) >= 11 is 0. The Bertz CT molecular complexity index is 221. The summed E-state index contributed by atoms with van der Waals surface area (Å²) in [5, 5.41) is 9.55. The van der Waals surface area contributed by atoms with Gasteiger partial charge >= 0.3 is 0 Å². The van der Waals surface area contributed by atoms with Gasteiger partial charge in [0, 0.05) is 13.1 Å². The first kappa shape index (κ1) is 12.5. The Labute approximate surface area is 91.4 Å². The number of aliphatic hydroxyl groups is 1.